The number of nitrogens with one attached hydrogen (secondary N) is 2. The van der Waals surface area contributed by atoms with Crippen LogP contribution >= 0.6 is 0 Å². The van der Waals surface area contributed by atoms with E-state index in [1.54, 1.807) is 5.43 Å². The van der Waals surface area contributed by atoms with E-state index in [-0.39, 0.29) is 0 Å². The molecule has 0 aliphatic heterocycles. The van der Waals surface area contributed by atoms with Crippen molar-refractivity contribution in [3.63, 3.8) is 0 Å². The third-order valence-corrected chi connectivity index (χ3v) is 0.537. The number of rotatable bonds is 1. The van der Waals surface area contributed by atoms with Crippen LogP contribution < -0.4 is 17.0 Å². The minimum Gasteiger partial charge on any atom is -0.320 e. The zero-order valence-electron chi connectivity index (χ0n) is 4.06. The van der Waals surface area contributed by atoms with Crippen molar-refractivity contribution in [2.75, 3.05) is 0 Å². The van der Waals surface area contributed by atoms with Gasteiger partial charge < -0.3 is 5.73 Å². The van der Waals surface area contributed by atoms with Gasteiger partial charge in [-0.3, -0.25) is 10.2 Å². The molecule has 0 aliphatic carbocycles. The van der Waals surface area contributed by atoms with Gasteiger partial charge in [-0.1, -0.05) is 0 Å². The van der Waals surface area contributed by atoms with E-state index < -0.39 is 11.9 Å². The van der Waals surface area contributed by atoms with E-state index in [2.05, 4.69) is 0 Å². The zero-order chi connectivity index (χ0) is 5.86. The predicted molar refractivity (Wildman–Crippen MR) is 24.9 cm³/mol. The predicted octanol–water partition coefficient (Wildman–Crippen LogP) is -1.35. The first-order chi connectivity index (χ1) is 3.18. The second-order valence-electron chi connectivity index (χ2n) is 1.28. The lowest BCUT2D eigenvalue weighted by molar-refractivity contribution is -0.122. The third-order valence-electron chi connectivity index (χ3n) is 0.537. The number of nitrogens with two attached hydrogens (primary N) is 1. The first-order valence-electron chi connectivity index (χ1n) is 1.90. The Morgan fingerprint density at radius 3 is 2.43 bits per heavy atom. The second kappa shape index (κ2) is 2.54. The molecule has 0 saturated carbocycles. The molecule has 4 heteroatoms. The van der Waals surface area contributed by atoms with Crippen LogP contribution in [0.1, 0.15) is 6.92 Å². The average molecular weight is 102 g/mol. The molecular weight excluding hydrogens is 94.1 g/mol. The molecule has 41 valence electrons. The molecule has 0 heterocycles. The number of carbonyl (C=O) groups is 1. The first kappa shape index (κ1) is 6.39. The molecule has 0 fully saturated rings. The Morgan fingerprint density at radius 1 is 2.00 bits per heavy atom. The summed E-state index contributed by atoms with van der Waals surface area (Å²) in [6, 6.07) is -0.572. The largest absolute Gasteiger partial charge is 0.320 e. The van der Waals surface area contributed by atoms with Crippen LogP contribution in [-0.2, 0) is 4.79 Å². The summed E-state index contributed by atoms with van der Waals surface area (Å²) in [6.45, 7) is 1.52. The van der Waals surface area contributed by atoms with Crippen molar-refractivity contribution in [1.82, 2.24) is 11.3 Å². The van der Waals surface area contributed by atoms with Crippen LogP contribution in [-0.4, -0.2) is 11.9 Å². The lowest BCUT2D eigenvalue weighted by atomic mass is 10.4. The van der Waals surface area contributed by atoms with Gasteiger partial charge in [-0.2, -0.15) is 5.84 Å². The van der Waals surface area contributed by atoms with Crippen molar-refractivity contribution in [2.45, 2.75) is 13.0 Å². The molecule has 1 atom stereocenters. The minimum atomic E-state index is -0.572. The van der Waals surface area contributed by atoms with Gasteiger partial charge in [-0.15, -0.1) is 0 Å². The van der Waals surface area contributed by atoms with E-state index in [4.69, 9.17) is 11.6 Å². The molecule has 0 spiro atoms. The van der Waals surface area contributed by atoms with Crippen LogP contribution in [0, 0.1) is 0 Å². The molecule has 0 rings (SSSR count). The highest BCUT2D eigenvalue weighted by Crippen LogP contribution is 1.68. The van der Waals surface area contributed by atoms with Crippen molar-refractivity contribution in [1.29, 1.82) is 0 Å². The van der Waals surface area contributed by atoms with Gasteiger partial charge in [0.25, 0.3) is 5.91 Å². The van der Waals surface area contributed by atoms with E-state index in [0.29, 0.717) is 0 Å². The molecule has 0 saturated heterocycles. The maximum Gasteiger partial charge on any atom is 0.251 e. The molecule has 0 aromatic carbocycles. The monoisotopic (exact) mass is 102 g/mol. The van der Waals surface area contributed by atoms with E-state index in [1.807, 2.05) is 0 Å². The quantitative estimate of drug-likeness (QED) is 0.401. The lowest BCUT2D eigenvalue weighted by Crippen LogP contribution is -2.37. The topological polar surface area (TPSA) is 78.9 Å². The summed E-state index contributed by atoms with van der Waals surface area (Å²) in [4.78, 5) is 10.1. The van der Waals surface area contributed by atoms with Crippen LogP contribution in [0.4, 0.5) is 0 Å². The fourth-order valence-electron chi connectivity index (χ4n) is 0.114. The molecule has 4 N–H and O–H groups in total. The molecule has 1 unspecified atom stereocenters. The molecule has 1 amide bonds. The molecule has 4 nitrogen and oxygen atoms in total. The molecule has 1 radical (unpaired) electrons. The number of amides is 1. The molecule has 7 heavy (non-hydrogen) atoms. The zero-order valence-corrected chi connectivity index (χ0v) is 4.06. The van der Waals surface area contributed by atoms with Crippen molar-refractivity contribution < 1.29 is 4.79 Å². The maximum atomic E-state index is 10.1. The lowest BCUT2D eigenvalue weighted by Gasteiger charge is -1.97. The standard InChI is InChI=1S/C3H8N3O/c1-2(4)3(7)6-5/h2,5H,4H2,1H3,(H,6,7). The highest BCUT2D eigenvalue weighted by Gasteiger charge is 2.01. The Labute approximate surface area is 41.8 Å². The smallest absolute Gasteiger partial charge is 0.251 e. The Balaban J connectivity index is 3.35. The average Bonchev–Trinajstić information content (AvgIpc) is 1.65. The summed E-state index contributed by atoms with van der Waals surface area (Å²) in [5.41, 5.74) is 6.66. The van der Waals surface area contributed by atoms with Crippen molar-refractivity contribution in [2.24, 2.45) is 5.73 Å². The van der Waals surface area contributed by atoms with Crippen LogP contribution in [0.15, 0.2) is 0 Å². The number of hydrogen-bond acceptors (Lipinski definition) is 2. The van der Waals surface area contributed by atoms with Gasteiger partial charge in [-0.05, 0) is 6.92 Å². The SMILES string of the molecule is CC(N)C(=O)N[NH]. The van der Waals surface area contributed by atoms with Gasteiger partial charge in [0, 0.05) is 0 Å². The van der Waals surface area contributed by atoms with Crippen molar-refractivity contribution in [3.05, 3.63) is 0 Å². The fraction of sp³-hybridized carbons (Fsp3) is 0.667. The Morgan fingerprint density at radius 2 is 2.43 bits per heavy atom. The molecule has 0 aromatic heterocycles. The van der Waals surface area contributed by atoms with Gasteiger partial charge in [0.05, 0.1) is 6.04 Å². The van der Waals surface area contributed by atoms with Crippen molar-refractivity contribution in [3.8, 4) is 0 Å². The van der Waals surface area contributed by atoms with Gasteiger partial charge in [0.2, 0.25) is 0 Å². The summed E-state index contributed by atoms with van der Waals surface area (Å²) >= 11 is 0. The number of hydrogen-bond donors (Lipinski definition) is 2. The Kier molecular flexibility index (Phi) is 2.32. The Hall–Kier alpha value is -0.610. The van der Waals surface area contributed by atoms with Gasteiger partial charge >= 0.3 is 0 Å². The number of carbonyl (C=O) groups excluding carboxylic acids is 1. The van der Waals surface area contributed by atoms with E-state index in [0.717, 1.165) is 0 Å². The summed E-state index contributed by atoms with van der Waals surface area (Å²) in [7, 11) is 0. The van der Waals surface area contributed by atoms with Crippen LogP contribution in [0.2, 0.25) is 0 Å². The van der Waals surface area contributed by atoms with E-state index in [1.165, 1.54) is 6.92 Å². The van der Waals surface area contributed by atoms with E-state index >= 15 is 0 Å². The van der Waals surface area contributed by atoms with Gasteiger partial charge in [0.15, 0.2) is 0 Å². The molecule has 0 aromatic rings. The van der Waals surface area contributed by atoms with Crippen molar-refractivity contribution >= 4 is 5.91 Å². The van der Waals surface area contributed by atoms with Crippen LogP contribution in [0.3, 0.4) is 0 Å². The van der Waals surface area contributed by atoms with E-state index in [9.17, 15) is 4.79 Å². The maximum absolute atomic E-state index is 10.1. The Bertz CT molecular complexity index is 70.6. The fourth-order valence-corrected chi connectivity index (χ4v) is 0.114. The minimum absolute atomic E-state index is 0.458. The van der Waals surface area contributed by atoms with Crippen LogP contribution in [0.5, 0.6) is 0 Å². The summed E-state index contributed by atoms with van der Waals surface area (Å²) < 4.78 is 0. The molecular formula is C3H8N3O. The summed E-state index contributed by atoms with van der Waals surface area (Å²) in [5.74, 6) is 5.80. The second-order valence-corrected chi connectivity index (χ2v) is 1.28. The van der Waals surface area contributed by atoms with Gasteiger partial charge in [-0.25, -0.2) is 0 Å². The summed E-state index contributed by atoms with van der Waals surface area (Å²) in [5, 5.41) is 0. The highest BCUT2D eigenvalue weighted by atomic mass is 16.2. The van der Waals surface area contributed by atoms with Gasteiger partial charge in [0.1, 0.15) is 0 Å². The first-order valence-corrected chi connectivity index (χ1v) is 1.90. The third kappa shape index (κ3) is 2.13. The molecule has 0 bridgehead atoms. The highest BCUT2D eigenvalue weighted by molar-refractivity contribution is 5.80. The summed E-state index contributed by atoms with van der Waals surface area (Å²) in [6.07, 6.45) is 0. The van der Waals surface area contributed by atoms with Crippen LogP contribution in [0.25, 0.3) is 0 Å². The normalized spacial score (nSPS) is 13.0. The molecule has 0 aliphatic rings.